The second-order valence-corrected chi connectivity index (χ2v) is 9.13. The molecule has 12 nitrogen and oxygen atoms in total. The molecule has 1 atom stereocenters. The predicted molar refractivity (Wildman–Crippen MR) is 124 cm³/mol. The maximum absolute atomic E-state index is 13.0. The zero-order valence-electron chi connectivity index (χ0n) is 20.6. The van der Waals surface area contributed by atoms with Crippen molar-refractivity contribution in [3.63, 3.8) is 0 Å². The van der Waals surface area contributed by atoms with E-state index in [1.165, 1.54) is 6.07 Å². The molecule has 2 aliphatic heterocycles. The van der Waals surface area contributed by atoms with Crippen molar-refractivity contribution in [2.75, 3.05) is 39.6 Å². The van der Waals surface area contributed by atoms with Crippen LogP contribution in [0.15, 0.2) is 18.2 Å². The highest BCUT2D eigenvalue weighted by Crippen LogP contribution is 2.33. The number of imide groups is 2. The van der Waals surface area contributed by atoms with E-state index in [1.54, 1.807) is 32.9 Å². The molecule has 12 heteroatoms. The van der Waals surface area contributed by atoms with Crippen molar-refractivity contribution in [2.24, 2.45) is 0 Å². The number of ether oxygens (including phenoxy) is 4. The van der Waals surface area contributed by atoms with Crippen LogP contribution >= 0.6 is 0 Å². The Hall–Kier alpha value is -3.51. The SMILES string of the molecule is CC(C)(C)OC(=O)NCCOCCOCCOc1cccc2c1C(=O)N(C1CCC(=O)NC1=O)C2=O. The fourth-order valence-corrected chi connectivity index (χ4v) is 3.68. The van der Waals surface area contributed by atoms with E-state index in [4.69, 9.17) is 18.9 Å². The molecule has 0 saturated carbocycles. The van der Waals surface area contributed by atoms with Gasteiger partial charge in [-0.15, -0.1) is 0 Å². The summed E-state index contributed by atoms with van der Waals surface area (Å²) >= 11 is 0. The maximum atomic E-state index is 13.0. The summed E-state index contributed by atoms with van der Waals surface area (Å²) in [5, 5.41) is 4.75. The average Bonchev–Trinajstić information content (AvgIpc) is 3.05. The molecule has 0 aromatic heterocycles. The minimum Gasteiger partial charge on any atom is -0.490 e. The number of carbonyl (C=O) groups excluding carboxylic acids is 5. The van der Waals surface area contributed by atoms with Gasteiger partial charge in [-0.05, 0) is 39.3 Å². The molecule has 0 aliphatic carbocycles. The number of benzene rings is 1. The molecule has 36 heavy (non-hydrogen) atoms. The second kappa shape index (κ2) is 12.0. The van der Waals surface area contributed by atoms with Crippen LogP contribution in [0.1, 0.15) is 54.3 Å². The molecule has 5 amide bonds. The molecule has 1 unspecified atom stereocenters. The van der Waals surface area contributed by atoms with Crippen molar-refractivity contribution in [3.05, 3.63) is 29.3 Å². The highest BCUT2D eigenvalue weighted by molar-refractivity contribution is 6.24. The van der Waals surface area contributed by atoms with Crippen molar-refractivity contribution in [1.82, 2.24) is 15.5 Å². The first-order valence-electron chi connectivity index (χ1n) is 11.7. The van der Waals surface area contributed by atoms with Gasteiger partial charge in [-0.3, -0.25) is 29.4 Å². The van der Waals surface area contributed by atoms with Crippen molar-refractivity contribution in [1.29, 1.82) is 0 Å². The summed E-state index contributed by atoms with van der Waals surface area (Å²) in [6, 6.07) is 3.62. The highest BCUT2D eigenvalue weighted by atomic mass is 16.6. The Kier molecular flexibility index (Phi) is 8.99. The molecule has 1 aromatic carbocycles. The zero-order valence-corrected chi connectivity index (χ0v) is 20.6. The highest BCUT2D eigenvalue weighted by Gasteiger charge is 2.45. The van der Waals surface area contributed by atoms with E-state index >= 15 is 0 Å². The first-order valence-corrected chi connectivity index (χ1v) is 11.7. The summed E-state index contributed by atoms with van der Waals surface area (Å²) < 4.78 is 21.6. The van der Waals surface area contributed by atoms with Gasteiger partial charge in [-0.25, -0.2) is 4.79 Å². The van der Waals surface area contributed by atoms with Crippen molar-refractivity contribution >= 4 is 29.7 Å². The summed E-state index contributed by atoms with van der Waals surface area (Å²) in [7, 11) is 0. The number of hydrogen-bond acceptors (Lipinski definition) is 9. The van der Waals surface area contributed by atoms with Crippen LogP contribution in [0.5, 0.6) is 5.75 Å². The second-order valence-electron chi connectivity index (χ2n) is 9.13. The summed E-state index contributed by atoms with van der Waals surface area (Å²) in [4.78, 5) is 61.8. The number of nitrogens with zero attached hydrogens (tertiary/aromatic N) is 1. The van der Waals surface area contributed by atoms with Crippen LogP contribution < -0.4 is 15.4 Å². The Morgan fingerprint density at radius 2 is 1.72 bits per heavy atom. The van der Waals surface area contributed by atoms with E-state index in [1.807, 2.05) is 0 Å². The number of amides is 5. The molecular weight excluding hydrogens is 474 g/mol. The number of rotatable bonds is 11. The molecule has 0 bridgehead atoms. The smallest absolute Gasteiger partial charge is 0.407 e. The fourth-order valence-electron chi connectivity index (χ4n) is 3.68. The predicted octanol–water partition coefficient (Wildman–Crippen LogP) is 1.02. The molecule has 2 N–H and O–H groups in total. The van der Waals surface area contributed by atoms with Crippen molar-refractivity contribution < 1.29 is 42.9 Å². The van der Waals surface area contributed by atoms with Gasteiger partial charge >= 0.3 is 6.09 Å². The lowest BCUT2D eigenvalue weighted by atomic mass is 10.0. The number of nitrogens with one attached hydrogen (secondary N) is 2. The molecule has 1 aromatic rings. The van der Waals surface area contributed by atoms with Gasteiger partial charge in [0.15, 0.2) is 0 Å². The molecule has 3 rings (SSSR count). The lowest BCUT2D eigenvalue weighted by Gasteiger charge is -2.27. The van der Waals surface area contributed by atoms with Crippen LogP contribution in [-0.4, -0.2) is 85.8 Å². The summed E-state index contributed by atoms with van der Waals surface area (Å²) in [6.07, 6.45) is -0.374. The topological polar surface area (TPSA) is 150 Å². The van der Waals surface area contributed by atoms with Crippen LogP contribution in [-0.2, 0) is 23.8 Å². The average molecular weight is 506 g/mol. The van der Waals surface area contributed by atoms with Gasteiger partial charge in [0, 0.05) is 13.0 Å². The van der Waals surface area contributed by atoms with E-state index in [9.17, 15) is 24.0 Å². The fraction of sp³-hybridized carbons (Fsp3) is 0.542. The third-order valence-corrected chi connectivity index (χ3v) is 5.20. The third-order valence-electron chi connectivity index (χ3n) is 5.20. The molecule has 1 saturated heterocycles. The van der Waals surface area contributed by atoms with E-state index in [-0.39, 0.29) is 42.9 Å². The Balaban J connectivity index is 1.38. The summed E-state index contributed by atoms with van der Waals surface area (Å²) in [5.41, 5.74) is -0.319. The van der Waals surface area contributed by atoms with E-state index in [0.717, 1.165) is 4.90 Å². The van der Waals surface area contributed by atoms with E-state index in [2.05, 4.69) is 10.6 Å². The van der Waals surface area contributed by atoms with Crippen LogP contribution in [0.25, 0.3) is 0 Å². The molecule has 2 aliphatic rings. The lowest BCUT2D eigenvalue weighted by molar-refractivity contribution is -0.136. The quantitative estimate of drug-likeness (QED) is 0.332. The van der Waals surface area contributed by atoms with Crippen LogP contribution in [0.2, 0.25) is 0 Å². The Labute approximate surface area is 208 Å². The monoisotopic (exact) mass is 505 g/mol. The minimum atomic E-state index is -1.04. The normalized spacial score (nSPS) is 17.6. The maximum Gasteiger partial charge on any atom is 0.407 e. The molecular formula is C24H31N3O9. The van der Waals surface area contributed by atoms with Crippen molar-refractivity contribution in [2.45, 2.75) is 45.3 Å². The molecule has 0 radical (unpaired) electrons. The van der Waals surface area contributed by atoms with Gasteiger partial charge in [0.25, 0.3) is 11.8 Å². The van der Waals surface area contributed by atoms with Crippen LogP contribution in [0.3, 0.4) is 0 Å². The van der Waals surface area contributed by atoms with Gasteiger partial charge in [-0.1, -0.05) is 6.07 Å². The molecule has 1 fully saturated rings. The Bertz CT molecular complexity index is 1020. The number of carbonyl (C=O) groups is 5. The van der Waals surface area contributed by atoms with E-state index in [0.29, 0.717) is 26.4 Å². The van der Waals surface area contributed by atoms with Gasteiger partial charge < -0.3 is 24.3 Å². The van der Waals surface area contributed by atoms with Crippen LogP contribution in [0.4, 0.5) is 4.79 Å². The zero-order chi connectivity index (χ0) is 26.3. The summed E-state index contributed by atoms with van der Waals surface area (Å²) in [5.74, 6) is -2.10. The van der Waals surface area contributed by atoms with Gasteiger partial charge in [0.2, 0.25) is 11.8 Å². The largest absolute Gasteiger partial charge is 0.490 e. The number of piperidine rings is 1. The first-order chi connectivity index (χ1) is 17.1. The number of alkyl carbamates (subject to hydrolysis) is 1. The minimum absolute atomic E-state index is 0.0501. The number of fused-ring (bicyclic) bond motifs is 1. The van der Waals surface area contributed by atoms with Gasteiger partial charge in [0.05, 0.1) is 37.6 Å². The van der Waals surface area contributed by atoms with Gasteiger partial charge in [0.1, 0.15) is 24.0 Å². The molecule has 196 valence electrons. The van der Waals surface area contributed by atoms with Gasteiger partial charge in [-0.2, -0.15) is 0 Å². The number of hydrogen-bond donors (Lipinski definition) is 2. The standard InChI is InChI=1S/C24H31N3O9/c1-24(2,3)36-23(32)25-9-10-33-11-12-34-13-14-35-17-6-4-5-15-19(17)22(31)27(21(15)30)16-7-8-18(28)26-20(16)29/h4-6,16H,7-14H2,1-3H3,(H,25,32)(H,26,28,29). The summed E-state index contributed by atoms with van der Waals surface area (Å²) in [6.45, 7) is 6.88. The van der Waals surface area contributed by atoms with E-state index < -0.39 is 41.4 Å². The Morgan fingerprint density at radius 1 is 1.03 bits per heavy atom. The molecule has 2 heterocycles. The van der Waals surface area contributed by atoms with Crippen LogP contribution in [0, 0.1) is 0 Å². The molecule has 0 spiro atoms. The third kappa shape index (κ3) is 7.01. The lowest BCUT2D eigenvalue weighted by Crippen LogP contribution is -2.54. The Morgan fingerprint density at radius 3 is 2.42 bits per heavy atom. The van der Waals surface area contributed by atoms with Crippen molar-refractivity contribution in [3.8, 4) is 5.75 Å². The first kappa shape index (κ1) is 27.1.